The number of benzene rings is 2. The van der Waals surface area contributed by atoms with Crippen LogP contribution in [-0.2, 0) is 14.8 Å². The highest BCUT2D eigenvalue weighted by molar-refractivity contribution is 7.92. The minimum Gasteiger partial charge on any atom is -0.495 e. The van der Waals surface area contributed by atoms with Gasteiger partial charge in [-0.05, 0) is 36.4 Å². The Balaban J connectivity index is 1.90. The third kappa shape index (κ3) is 4.32. The predicted molar refractivity (Wildman–Crippen MR) is 105 cm³/mol. The van der Waals surface area contributed by atoms with Gasteiger partial charge in [-0.3, -0.25) is 4.72 Å². The Kier molecular flexibility index (Phi) is 5.97. The number of carbonyl (C=O) groups is 1. The number of ether oxygens (including phenoxy) is 2. The largest absolute Gasteiger partial charge is 0.495 e. The van der Waals surface area contributed by atoms with Crippen molar-refractivity contribution < 1.29 is 27.8 Å². The molecule has 1 saturated heterocycles. The SMILES string of the molecule is COc1ccc(S(=O)(=O)Nc2ccc(N3CCOCC3)c(C(=O)O)c2)cc1Cl. The topological polar surface area (TPSA) is 105 Å². The normalized spacial score (nSPS) is 14.6. The second kappa shape index (κ2) is 8.26. The van der Waals surface area contributed by atoms with Crippen molar-refractivity contribution in [1.82, 2.24) is 0 Å². The molecule has 0 aliphatic carbocycles. The molecule has 10 heteroatoms. The van der Waals surface area contributed by atoms with E-state index >= 15 is 0 Å². The molecule has 0 aromatic heterocycles. The van der Waals surface area contributed by atoms with Crippen molar-refractivity contribution in [2.75, 3.05) is 43.0 Å². The summed E-state index contributed by atoms with van der Waals surface area (Å²) < 4.78 is 38.0. The quantitative estimate of drug-likeness (QED) is 0.731. The molecule has 2 aromatic rings. The summed E-state index contributed by atoms with van der Waals surface area (Å²) in [7, 11) is -2.53. The highest BCUT2D eigenvalue weighted by Crippen LogP contribution is 2.29. The highest BCUT2D eigenvalue weighted by Gasteiger charge is 2.21. The summed E-state index contributed by atoms with van der Waals surface area (Å²) in [6.45, 7) is 2.14. The molecule has 1 fully saturated rings. The van der Waals surface area contributed by atoms with Gasteiger partial charge in [0.2, 0.25) is 0 Å². The van der Waals surface area contributed by atoms with Crippen molar-refractivity contribution in [2.45, 2.75) is 4.90 Å². The van der Waals surface area contributed by atoms with Crippen molar-refractivity contribution in [3.63, 3.8) is 0 Å². The number of methoxy groups -OCH3 is 1. The maximum Gasteiger partial charge on any atom is 0.337 e. The Bertz CT molecular complexity index is 990. The lowest BCUT2D eigenvalue weighted by Crippen LogP contribution is -2.37. The number of anilines is 2. The molecule has 150 valence electrons. The Morgan fingerprint density at radius 3 is 2.54 bits per heavy atom. The van der Waals surface area contributed by atoms with Crippen molar-refractivity contribution in [3.8, 4) is 5.75 Å². The summed E-state index contributed by atoms with van der Waals surface area (Å²) in [5.41, 5.74) is 0.669. The minimum absolute atomic E-state index is 0.00913. The van der Waals surface area contributed by atoms with E-state index in [0.717, 1.165) is 0 Å². The number of halogens is 1. The second-order valence-corrected chi connectivity index (χ2v) is 8.13. The van der Waals surface area contributed by atoms with E-state index in [1.165, 1.54) is 37.4 Å². The average molecular weight is 427 g/mol. The maximum absolute atomic E-state index is 12.6. The van der Waals surface area contributed by atoms with Crippen LogP contribution >= 0.6 is 11.6 Å². The molecular formula is C18H19ClN2O6S. The molecule has 0 amide bonds. The third-order valence-corrected chi connectivity index (χ3v) is 5.94. The fourth-order valence-corrected chi connectivity index (χ4v) is 4.28. The van der Waals surface area contributed by atoms with Crippen LogP contribution in [0.4, 0.5) is 11.4 Å². The first-order valence-electron chi connectivity index (χ1n) is 8.38. The number of rotatable bonds is 6. The van der Waals surface area contributed by atoms with Crippen molar-refractivity contribution in [1.29, 1.82) is 0 Å². The monoisotopic (exact) mass is 426 g/mol. The zero-order chi connectivity index (χ0) is 20.3. The third-order valence-electron chi connectivity index (χ3n) is 4.26. The van der Waals surface area contributed by atoms with Crippen molar-refractivity contribution >= 4 is 39.0 Å². The first-order chi connectivity index (χ1) is 13.3. The Labute approximate surface area is 167 Å². The molecule has 8 nitrogen and oxygen atoms in total. The van der Waals surface area contributed by atoms with Crippen molar-refractivity contribution in [3.05, 3.63) is 47.0 Å². The van der Waals surface area contributed by atoms with Crippen LogP contribution in [0, 0.1) is 0 Å². The van der Waals surface area contributed by atoms with Crippen LogP contribution in [0.3, 0.4) is 0 Å². The van der Waals surface area contributed by atoms with E-state index in [-0.39, 0.29) is 21.2 Å². The highest BCUT2D eigenvalue weighted by atomic mass is 35.5. The number of nitrogens with one attached hydrogen (secondary N) is 1. The fourth-order valence-electron chi connectivity index (χ4n) is 2.88. The number of hydrogen-bond acceptors (Lipinski definition) is 6. The van der Waals surface area contributed by atoms with Crippen LogP contribution in [0.15, 0.2) is 41.3 Å². The van der Waals surface area contributed by atoms with Gasteiger partial charge in [0.15, 0.2) is 0 Å². The molecule has 0 radical (unpaired) electrons. The summed E-state index contributed by atoms with van der Waals surface area (Å²) >= 11 is 6.00. The first-order valence-corrected chi connectivity index (χ1v) is 10.2. The van der Waals surface area contributed by atoms with Gasteiger partial charge < -0.3 is 19.5 Å². The van der Waals surface area contributed by atoms with Crippen molar-refractivity contribution in [2.24, 2.45) is 0 Å². The van der Waals surface area contributed by atoms with Gasteiger partial charge in [-0.15, -0.1) is 0 Å². The smallest absolute Gasteiger partial charge is 0.337 e. The number of sulfonamides is 1. The zero-order valence-corrected chi connectivity index (χ0v) is 16.6. The molecule has 0 atom stereocenters. The summed E-state index contributed by atoms with van der Waals surface area (Å²) in [5, 5.41) is 9.72. The second-order valence-electron chi connectivity index (χ2n) is 6.04. The molecule has 1 aliphatic heterocycles. The average Bonchev–Trinajstić information content (AvgIpc) is 2.68. The standard InChI is InChI=1S/C18H19ClN2O6S/c1-26-17-5-3-13(11-15(17)19)28(24,25)20-12-2-4-16(14(10-12)18(22)23)21-6-8-27-9-7-21/h2-5,10-11,20H,6-9H2,1H3,(H,22,23). The molecule has 3 rings (SSSR count). The van der Waals surface area contributed by atoms with E-state index in [1.54, 1.807) is 6.07 Å². The van der Waals surface area contributed by atoms with Gasteiger partial charge in [-0.25, -0.2) is 13.2 Å². The van der Waals surface area contributed by atoms with Gasteiger partial charge in [0, 0.05) is 18.8 Å². The molecule has 2 aromatic carbocycles. The van der Waals surface area contributed by atoms with E-state index in [4.69, 9.17) is 21.1 Å². The summed E-state index contributed by atoms with van der Waals surface area (Å²) in [6.07, 6.45) is 0. The summed E-state index contributed by atoms with van der Waals surface area (Å²) in [5.74, 6) is -0.793. The maximum atomic E-state index is 12.6. The molecule has 1 aliphatic rings. The Morgan fingerprint density at radius 2 is 1.93 bits per heavy atom. The fraction of sp³-hybridized carbons (Fsp3) is 0.278. The lowest BCUT2D eigenvalue weighted by atomic mass is 10.1. The number of carboxylic acids is 1. The number of morpholine rings is 1. The van der Waals surface area contributed by atoms with Crippen LogP contribution < -0.4 is 14.4 Å². The van der Waals surface area contributed by atoms with E-state index in [2.05, 4.69) is 4.72 Å². The summed E-state index contributed by atoms with van der Waals surface area (Å²) in [4.78, 5) is 13.5. The molecule has 2 N–H and O–H groups in total. The molecule has 28 heavy (non-hydrogen) atoms. The van der Waals surface area contributed by atoms with Gasteiger partial charge in [-0.1, -0.05) is 11.6 Å². The number of hydrogen-bond donors (Lipinski definition) is 2. The van der Waals surface area contributed by atoms with Crippen LogP contribution in [0.25, 0.3) is 0 Å². The van der Waals surface area contributed by atoms with Crippen LogP contribution in [-0.4, -0.2) is 52.9 Å². The minimum atomic E-state index is -3.96. The lowest BCUT2D eigenvalue weighted by molar-refractivity contribution is 0.0696. The first kappa shape index (κ1) is 20.2. The Hall–Kier alpha value is -2.49. The molecular weight excluding hydrogens is 408 g/mol. The van der Waals surface area contributed by atoms with Crippen LogP contribution in [0.1, 0.15) is 10.4 Å². The molecule has 0 unspecified atom stereocenters. The predicted octanol–water partition coefficient (Wildman–Crippen LogP) is 2.68. The number of carboxylic acid groups (broad SMARTS) is 1. The van der Waals surface area contributed by atoms with E-state index in [0.29, 0.717) is 37.7 Å². The van der Waals surface area contributed by atoms with E-state index < -0.39 is 16.0 Å². The van der Waals surface area contributed by atoms with Gasteiger partial charge in [0.1, 0.15) is 5.75 Å². The van der Waals surface area contributed by atoms with Crippen LogP contribution in [0.2, 0.25) is 5.02 Å². The number of aromatic carboxylic acids is 1. The zero-order valence-electron chi connectivity index (χ0n) is 15.0. The molecule has 0 saturated carbocycles. The van der Waals surface area contributed by atoms with E-state index in [1.807, 2.05) is 4.90 Å². The van der Waals surface area contributed by atoms with Gasteiger partial charge in [0.05, 0.1) is 41.5 Å². The van der Waals surface area contributed by atoms with Gasteiger partial charge >= 0.3 is 5.97 Å². The van der Waals surface area contributed by atoms with Gasteiger partial charge in [-0.2, -0.15) is 0 Å². The van der Waals surface area contributed by atoms with Crippen LogP contribution in [0.5, 0.6) is 5.75 Å². The number of nitrogens with zero attached hydrogens (tertiary/aromatic N) is 1. The molecule has 1 heterocycles. The molecule has 0 bridgehead atoms. The van der Waals surface area contributed by atoms with Gasteiger partial charge in [0.25, 0.3) is 10.0 Å². The molecule has 0 spiro atoms. The summed E-state index contributed by atoms with van der Waals surface area (Å²) in [6, 6.07) is 8.49. The van der Waals surface area contributed by atoms with E-state index in [9.17, 15) is 18.3 Å². The Morgan fingerprint density at radius 1 is 1.21 bits per heavy atom. The lowest BCUT2D eigenvalue weighted by Gasteiger charge is -2.30.